The van der Waals surface area contributed by atoms with Crippen LogP contribution in [0.15, 0.2) is 102 Å². The van der Waals surface area contributed by atoms with Crippen molar-refractivity contribution in [2.45, 2.75) is 19.2 Å². The maximum atomic E-state index is 12.9. The molecule has 2 heterocycles. The molecule has 0 aliphatic rings. The molecule has 1 atom stereocenters. The molecule has 40 heavy (non-hydrogen) atoms. The quantitative estimate of drug-likeness (QED) is 0.178. The third-order valence-electron chi connectivity index (χ3n) is 5.94. The van der Waals surface area contributed by atoms with Gasteiger partial charge in [-0.15, -0.1) is 0 Å². The van der Waals surface area contributed by atoms with Crippen molar-refractivity contribution in [2.75, 3.05) is 5.32 Å². The number of halogens is 3. The number of ether oxygens (including phenoxy) is 1. The van der Waals surface area contributed by atoms with Crippen molar-refractivity contribution in [3.05, 3.63) is 108 Å². The van der Waals surface area contributed by atoms with Crippen molar-refractivity contribution in [1.29, 1.82) is 0 Å². The van der Waals surface area contributed by atoms with Crippen LogP contribution < -0.4 is 5.32 Å². The Morgan fingerprint density at radius 2 is 1.75 bits per heavy atom. The Morgan fingerprint density at radius 3 is 2.50 bits per heavy atom. The summed E-state index contributed by atoms with van der Waals surface area (Å²) < 4.78 is 51.7. The van der Waals surface area contributed by atoms with Crippen LogP contribution in [0.3, 0.4) is 0 Å². The molecular weight excluding hydrogens is 523 g/mol. The molecule has 0 saturated heterocycles. The van der Waals surface area contributed by atoms with Gasteiger partial charge in [0.15, 0.2) is 11.9 Å². The number of para-hydroxylation sites is 2. The topological polar surface area (TPSA) is 86.4 Å². The minimum atomic E-state index is -4.56. The van der Waals surface area contributed by atoms with Gasteiger partial charge in [0.2, 0.25) is 0 Å². The van der Waals surface area contributed by atoms with E-state index in [9.17, 15) is 22.8 Å². The SMILES string of the molecule is C[C@H](OC(=O)/C=C/c1cn(-c2ccccc2)nc1-c1cc2ccccc2o1)C(=O)Nc1cccc(C(F)(F)F)c1. The molecule has 0 radical (unpaired) electrons. The van der Waals surface area contributed by atoms with Crippen molar-refractivity contribution >= 4 is 34.6 Å². The summed E-state index contributed by atoms with van der Waals surface area (Å²) in [6.45, 7) is 1.32. The second kappa shape index (κ2) is 10.9. The molecule has 0 bridgehead atoms. The number of anilines is 1. The molecule has 10 heteroatoms. The van der Waals surface area contributed by atoms with E-state index in [1.54, 1.807) is 10.9 Å². The zero-order chi connectivity index (χ0) is 28.3. The van der Waals surface area contributed by atoms with Crippen LogP contribution in [0.2, 0.25) is 0 Å². The monoisotopic (exact) mass is 545 g/mol. The number of hydrogen-bond acceptors (Lipinski definition) is 5. The van der Waals surface area contributed by atoms with E-state index in [4.69, 9.17) is 9.15 Å². The van der Waals surface area contributed by atoms with E-state index in [1.807, 2.05) is 60.7 Å². The summed E-state index contributed by atoms with van der Waals surface area (Å²) in [4.78, 5) is 25.0. The second-order valence-electron chi connectivity index (χ2n) is 8.84. The number of carbonyl (C=O) groups is 2. The molecule has 0 saturated carbocycles. The number of amides is 1. The molecule has 0 unspecified atom stereocenters. The minimum absolute atomic E-state index is 0.0675. The predicted molar refractivity (Wildman–Crippen MR) is 143 cm³/mol. The highest BCUT2D eigenvalue weighted by molar-refractivity contribution is 5.97. The summed E-state index contributed by atoms with van der Waals surface area (Å²) in [5.74, 6) is -1.10. The van der Waals surface area contributed by atoms with Crippen LogP contribution >= 0.6 is 0 Å². The summed E-state index contributed by atoms with van der Waals surface area (Å²) in [5, 5.41) is 7.88. The number of nitrogens with one attached hydrogen (secondary N) is 1. The highest BCUT2D eigenvalue weighted by atomic mass is 19.4. The molecule has 5 aromatic rings. The van der Waals surface area contributed by atoms with E-state index in [0.717, 1.165) is 29.3 Å². The van der Waals surface area contributed by atoms with Gasteiger partial charge in [-0.2, -0.15) is 18.3 Å². The number of carbonyl (C=O) groups excluding carboxylic acids is 2. The molecule has 3 aromatic carbocycles. The second-order valence-corrected chi connectivity index (χ2v) is 8.84. The third kappa shape index (κ3) is 5.96. The lowest BCUT2D eigenvalue weighted by atomic mass is 10.2. The van der Waals surface area contributed by atoms with Crippen molar-refractivity contribution in [2.24, 2.45) is 0 Å². The average Bonchev–Trinajstić information content (AvgIpc) is 3.56. The number of benzene rings is 3. The van der Waals surface area contributed by atoms with Crippen molar-refractivity contribution in [3.8, 4) is 17.1 Å². The van der Waals surface area contributed by atoms with Gasteiger partial charge in [0.05, 0.1) is 11.3 Å². The lowest BCUT2D eigenvalue weighted by molar-refractivity contribution is -0.148. The third-order valence-corrected chi connectivity index (χ3v) is 5.94. The Labute approximate surface area is 226 Å². The Morgan fingerprint density at radius 1 is 1.00 bits per heavy atom. The standard InChI is InChI=1S/C30H22F3N3O4/c1-19(29(38)34-23-10-7-9-22(17-23)30(31,32)33)39-27(37)15-14-21-18-36(24-11-3-2-4-12-24)35-28(21)26-16-20-8-5-6-13-25(20)40-26/h2-19H,1H3,(H,34,38)/b15-14+/t19-/m0/s1. The maximum absolute atomic E-state index is 12.9. The van der Waals surface area contributed by atoms with Crippen LogP contribution in [0.4, 0.5) is 18.9 Å². The van der Waals surface area contributed by atoms with Crippen LogP contribution in [0.25, 0.3) is 34.2 Å². The van der Waals surface area contributed by atoms with Crippen LogP contribution in [0, 0.1) is 0 Å². The van der Waals surface area contributed by atoms with E-state index in [-0.39, 0.29) is 5.69 Å². The fourth-order valence-corrected chi connectivity index (χ4v) is 3.95. The molecule has 0 spiro atoms. The zero-order valence-electron chi connectivity index (χ0n) is 21.1. The maximum Gasteiger partial charge on any atom is 0.416 e. The fraction of sp³-hybridized carbons (Fsp3) is 0.100. The van der Waals surface area contributed by atoms with Crippen LogP contribution in [0.5, 0.6) is 0 Å². The Balaban J connectivity index is 1.33. The van der Waals surface area contributed by atoms with Gasteiger partial charge in [0.1, 0.15) is 11.3 Å². The van der Waals surface area contributed by atoms with Crippen LogP contribution in [-0.2, 0) is 20.5 Å². The Kier molecular flexibility index (Phi) is 7.24. The molecule has 2 aromatic heterocycles. The molecule has 0 aliphatic carbocycles. The van der Waals surface area contributed by atoms with Crippen LogP contribution in [-0.4, -0.2) is 27.8 Å². The van der Waals surface area contributed by atoms with Gasteiger partial charge < -0.3 is 14.5 Å². The lowest BCUT2D eigenvalue weighted by Crippen LogP contribution is -2.29. The first kappa shape index (κ1) is 26.5. The molecular formula is C30H22F3N3O4. The van der Waals surface area contributed by atoms with Gasteiger partial charge in [-0.05, 0) is 55.5 Å². The summed E-state index contributed by atoms with van der Waals surface area (Å²) >= 11 is 0. The van der Waals surface area contributed by atoms with Gasteiger partial charge in [-0.3, -0.25) is 4.79 Å². The first-order chi connectivity index (χ1) is 19.2. The normalized spacial score (nSPS) is 12.5. The van der Waals surface area contributed by atoms with Gasteiger partial charge in [0, 0.05) is 28.9 Å². The fourth-order valence-electron chi connectivity index (χ4n) is 3.95. The number of alkyl halides is 3. The van der Waals surface area contributed by atoms with Crippen molar-refractivity contribution in [3.63, 3.8) is 0 Å². The zero-order valence-corrected chi connectivity index (χ0v) is 21.1. The van der Waals surface area contributed by atoms with E-state index in [1.165, 1.54) is 25.1 Å². The number of esters is 1. The van der Waals surface area contributed by atoms with Crippen LogP contribution in [0.1, 0.15) is 18.1 Å². The molecule has 1 amide bonds. The largest absolute Gasteiger partial charge is 0.454 e. The Bertz CT molecular complexity index is 1670. The summed E-state index contributed by atoms with van der Waals surface area (Å²) in [7, 11) is 0. The smallest absolute Gasteiger partial charge is 0.416 e. The van der Waals surface area contributed by atoms with E-state index >= 15 is 0 Å². The number of nitrogens with zero attached hydrogens (tertiary/aromatic N) is 2. The van der Waals surface area contributed by atoms with Gasteiger partial charge in [0.25, 0.3) is 5.91 Å². The molecule has 5 rings (SSSR count). The first-order valence-corrected chi connectivity index (χ1v) is 12.2. The number of furan rings is 1. The number of hydrogen-bond donors (Lipinski definition) is 1. The summed E-state index contributed by atoms with van der Waals surface area (Å²) in [5.41, 5.74) is 1.54. The highest BCUT2D eigenvalue weighted by Crippen LogP contribution is 2.32. The number of rotatable bonds is 7. The molecule has 1 N–H and O–H groups in total. The summed E-state index contributed by atoms with van der Waals surface area (Å²) in [6, 6.07) is 22.9. The van der Waals surface area contributed by atoms with E-state index < -0.39 is 29.7 Å². The predicted octanol–water partition coefficient (Wildman–Crippen LogP) is 6.89. The van der Waals surface area contributed by atoms with E-state index in [0.29, 0.717) is 22.6 Å². The Hall–Kier alpha value is -5.12. The van der Waals surface area contributed by atoms with Gasteiger partial charge >= 0.3 is 12.1 Å². The lowest BCUT2D eigenvalue weighted by Gasteiger charge is -2.13. The van der Waals surface area contributed by atoms with Crippen molar-refractivity contribution < 1.29 is 31.9 Å². The van der Waals surface area contributed by atoms with Gasteiger partial charge in [-0.25, -0.2) is 9.48 Å². The summed E-state index contributed by atoms with van der Waals surface area (Å²) in [6.07, 6.45) is -1.46. The number of fused-ring (bicyclic) bond motifs is 1. The molecule has 0 fully saturated rings. The highest BCUT2D eigenvalue weighted by Gasteiger charge is 2.30. The molecule has 7 nitrogen and oxygen atoms in total. The minimum Gasteiger partial charge on any atom is -0.454 e. The molecule has 202 valence electrons. The van der Waals surface area contributed by atoms with E-state index in [2.05, 4.69) is 10.4 Å². The van der Waals surface area contributed by atoms with Crippen molar-refractivity contribution in [1.82, 2.24) is 9.78 Å². The number of aromatic nitrogens is 2. The average molecular weight is 546 g/mol. The molecule has 0 aliphatic heterocycles. The first-order valence-electron chi connectivity index (χ1n) is 12.2. The van der Waals surface area contributed by atoms with Gasteiger partial charge in [-0.1, -0.05) is 42.5 Å².